The van der Waals surface area contributed by atoms with Crippen molar-refractivity contribution in [3.63, 3.8) is 0 Å². The van der Waals surface area contributed by atoms with E-state index in [9.17, 15) is 4.79 Å². The van der Waals surface area contributed by atoms with Crippen LogP contribution in [0.15, 0.2) is 27.5 Å². The molecular weight excluding hydrogens is 286 g/mol. The third-order valence-corrected chi connectivity index (χ3v) is 2.71. The molecule has 0 fully saturated rings. The summed E-state index contributed by atoms with van der Waals surface area (Å²) in [7, 11) is 0. The Labute approximate surface area is 106 Å². The van der Waals surface area contributed by atoms with E-state index in [2.05, 4.69) is 31.4 Å². The number of halogens is 1. The number of hydrogen-bond donors (Lipinski definition) is 1. The molecule has 6 heteroatoms. The highest BCUT2D eigenvalue weighted by molar-refractivity contribution is 9.10. The number of amides is 1. The topological polar surface area (TPSA) is 68.0 Å². The van der Waals surface area contributed by atoms with Crippen LogP contribution >= 0.6 is 15.9 Å². The maximum absolute atomic E-state index is 11.9. The van der Waals surface area contributed by atoms with Crippen LogP contribution in [0.25, 0.3) is 0 Å². The molecule has 0 aliphatic rings. The third kappa shape index (κ3) is 2.52. The van der Waals surface area contributed by atoms with Gasteiger partial charge >= 0.3 is 0 Å². The minimum Gasteiger partial charge on any atom is -0.361 e. The van der Waals surface area contributed by atoms with Gasteiger partial charge in [0.2, 0.25) is 0 Å². The molecule has 5 nitrogen and oxygen atoms in total. The van der Waals surface area contributed by atoms with Gasteiger partial charge in [-0.05, 0) is 41.4 Å². The zero-order valence-electron chi connectivity index (χ0n) is 9.32. The highest BCUT2D eigenvalue weighted by Gasteiger charge is 2.14. The quantitative estimate of drug-likeness (QED) is 0.925. The van der Waals surface area contributed by atoms with Crippen molar-refractivity contribution in [2.45, 2.75) is 13.8 Å². The fourth-order valence-corrected chi connectivity index (χ4v) is 1.81. The Kier molecular flexibility index (Phi) is 3.23. The van der Waals surface area contributed by atoms with E-state index in [4.69, 9.17) is 4.52 Å². The van der Waals surface area contributed by atoms with Crippen LogP contribution in [-0.2, 0) is 0 Å². The molecule has 0 bridgehead atoms. The summed E-state index contributed by atoms with van der Waals surface area (Å²) in [6.07, 6.45) is 3.02. The smallest absolute Gasteiger partial charge is 0.262 e. The number of aromatic nitrogens is 2. The molecule has 0 aromatic carbocycles. The Morgan fingerprint density at radius 3 is 2.76 bits per heavy atom. The van der Waals surface area contributed by atoms with Crippen molar-refractivity contribution < 1.29 is 9.32 Å². The fraction of sp³-hybridized carbons (Fsp3) is 0.182. The first-order chi connectivity index (χ1) is 8.08. The van der Waals surface area contributed by atoms with Gasteiger partial charge in [-0.15, -0.1) is 0 Å². The highest BCUT2D eigenvalue weighted by Crippen LogP contribution is 2.18. The Morgan fingerprint density at radius 2 is 2.18 bits per heavy atom. The molecule has 88 valence electrons. The average molecular weight is 296 g/mol. The number of hydrogen-bond acceptors (Lipinski definition) is 4. The van der Waals surface area contributed by atoms with Crippen LogP contribution in [0.5, 0.6) is 0 Å². The summed E-state index contributed by atoms with van der Waals surface area (Å²) in [4.78, 5) is 16.0. The molecule has 0 saturated carbocycles. The number of anilines is 1. The molecule has 0 aliphatic heterocycles. The van der Waals surface area contributed by atoms with E-state index < -0.39 is 0 Å². The van der Waals surface area contributed by atoms with Crippen molar-refractivity contribution in [3.05, 3.63) is 39.8 Å². The van der Waals surface area contributed by atoms with Gasteiger partial charge in [-0.2, -0.15) is 0 Å². The first-order valence-electron chi connectivity index (χ1n) is 4.92. The van der Waals surface area contributed by atoms with E-state index >= 15 is 0 Å². The van der Waals surface area contributed by atoms with Crippen molar-refractivity contribution in [2.24, 2.45) is 0 Å². The predicted molar refractivity (Wildman–Crippen MR) is 65.9 cm³/mol. The average Bonchev–Trinajstić information content (AvgIpc) is 2.68. The minimum absolute atomic E-state index is 0.276. The number of rotatable bonds is 2. The van der Waals surface area contributed by atoms with Crippen molar-refractivity contribution in [1.82, 2.24) is 10.1 Å². The highest BCUT2D eigenvalue weighted by atomic mass is 79.9. The van der Waals surface area contributed by atoms with Gasteiger partial charge in [0.25, 0.3) is 5.91 Å². The van der Waals surface area contributed by atoms with Crippen molar-refractivity contribution >= 4 is 27.7 Å². The third-order valence-electron chi connectivity index (χ3n) is 2.27. The lowest BCUT2D eigenvalue weighted by Gasteiger charge is -2.06. The van der Waals surface area contributed by atoms with E-state index in [1.54, 1.807) is 13.1 Å². The second kappa shape index (κ2) is 4.67. The normalized spacial score (nSPS) is 10.3. The Hall–Kier alpha value is -1.69. The van der Waals surface area contributed by atoms with Gasteiger partial charge in [0.1, 0.15) is 17.1 Å². The Balaban J connectivity index is 2.22. The second-order valence-electron chi connectivity index (χ2n) is 3.57. The SMILES string of the molecule is Cc1cc(Br)cnc1NC(=O)c1cnoc1C. The summed E-state index contributed by atoms with van der Waals surface area (Å²) in [6.45, 7) is 3.55. The first kappa shape index (κ1) is 11.8. The van der Waals surface area contributed by atoms with Gasteiger partial charge in [0.15, 0.2) is 0 Å². The number of carbonyl (C=O) groups excluding carboxylic acids is 1. The molecule has 0 saturated heterocycles. The number of pyridine rings is 1. The van der Waals surface area contributed by atoms with E-state index in [0.717, 1.165) is 10.0 Å². The summed E-state index contributed by atoms with van der Waals surface area (Å²) in [5.74, 6) is 0.734. The molecule has 2 rings (SSSR count). The van der Waals surface area contributed by atoms with E-state index in [1.165, 1.54) is 6.20 Å². The molecule has 1 N–H and O–H groups in total. The van der Waals surface area contributed by atoms with E-state index in [0.29, 0.717) is 17.1 Å². The molecule has 17 heavy (non-hydrogen) atoms. The predicted octanol–water partition coefficient (Wildman–Crippen LogP) is 2.70. The van der Waals surface area contributed by atoms with Crippen molar-refractivity contribution in [3.8, 4) is 0 Å². The first-order valence-corrected chi connectivity index (χ1v) is 5.72. The van der Waals surface area contributed by atoms with Gasteiger partial charge in [-0.1, -0.05) is 5.16 Å². The number of nitrogens with zero attached hydrogens (tertiary/aromatic N) is 2. The number of aryl methyl sites for hydroxylation is 2. The van der Waals surface area contributed by atoms with Crippen LogP contribution in [0.2, 0.25) is 0 Å². The molecule has 0 unspecified atom stereocenters. The summed E-state index contributed by atoms with van der Waals surface area (Å²) in [6, 6.07) is 1.88. The number of carbonyl (C=O) groups is 1. The summed E-state index contributed by atoms with van der Waals surface area (Å²) < 4.78 is 5.70. The van der Waals surface area contributed by atoms with Crippen molar-refractivity contribution in [1.29, 1.82) is 0 Å². The van der Waals surface area contributed by atoms with Gasteiger partial charge in [0.05, 0.1) is 6.20 Å². The van der Waals surface area contributed by atoms with Crippen LogP contribution in [0.3, 0.4) is 0 Å². The maximum atomic E-state index is 11.9. The number of nitrogens with one attached hydrogen (secondary N) is 1. The molecule has 2 aromatic rings. The van der Waals surface area contributed by atoms with E-state index in [-0.39, 0.29) is 5.91 Å². The lowest BCUT2D eigenvalue weighted by molar-refractivity contribution is 0.102. The summed E-state index contributed by atoms with van der Waals surface area (Å²) >= 11 is 3.31. The van der Waals surface area contributed by atoms with Crippen molar-refractivity contribution in [2.75, 3.05) is 5.32 Å². The Bertz CT molecular complexity index is 566. The molecule has 2 heterocycles. The second-order valence-corrected chi connectivity index (χ2v) is 4.48. The van der Waals surface area contributed by atoms with Gasteiger partial charge < -0.3 is 9.84 Å². The summed E-state index contributed by atoms with van der Waals surface area (Å²) in [5, 5.41) is 6.27. The van der Waals surface area contributed by atoms with Crippen LogP contribution in [0.1, 0.15) is 21.7 Å². The largest absolute Gasteiger partial charge is 0.361 e. The fourth-order valence-electron chi connectivity index (χ4n) is 1.36. The van der Waals surface area contributed by atoms with Crippen LogP contribution in [0.4, 0.5) is 5.82 Å². The lowest BCUT2D eigenvalue weighted by Crippen LogP contribution is -2.14. The lowest BCUT2D eigenvalue weighted by atomic mass is 10.2. The van der Waals surface area contributed by atoms with Crippen LogP contribution in [-0.4, -0.2) is 16.0 Å². The molecule has 0 radical (unpaired) electrons. The van der Waals surface area contributed by atoms with Crippen LogP contribution in [0, 0.1) is 13.8 Å². The maximum Gasteiger partial charge on any atom is 0.262 e. The molecule has 0 atom stereocenters. The molecule has 0 aliphatic carbocycles. The molecule has 0 spiro atoms. The van der Waals surface area contributed by atoms with Gasteiger partial charge in [-0.3, -0.25) is 4.79 Å². The minimum atomic E-state index is -0.276. The monoisotopic (exact) mass is 295 g/mol. The molecule has 2 aromatic heterocycles. The van der Waals surface area contributed by atoms with Gasteiger partial charge in [-0.25, -0.2) is 4.98 Å². The van der Waals surface area contributed by atoms with E-state index in [1.807, 2.05) is 13.0 Å². The molecular formula is C11H10BrN3O2. The zero-order valence-corrected chi connectivity index (χ0v) is 10.9. The standard InChI is InChI=1S/C11H10BrN3O2/c1-6-3-8(12)4-13-10(6)15-11(16)9-5-14-17-7(9)2/h3-5H,1-2H3,(H,13,15,16). The summed E-state index contributed by atoms with van der Waals surface area (Å²) in [5.41, 5.74) is 1.29. The molecule has 1 amide bonds. The zero-order chi connectivity index (χ0) is 12.4. The van der Waals surface area contributed by atoms with Crippen LogP contribution < -0.4 is 5.32 Å². The van der Waals surface area contributed by atoms with Gasteiger partial charge in [0, 0.05) is 10.7 Å². The Morgan fingerprint density at radius 1 is 1.41 bits per heavy atom.